The van der Waals surface area contributed by atoms with Crippen LogP contribution >= 0.6 is 0 Å². The minimum absolute atomic E-state index is 0.206. The van der Waals surface area contributed by atoms with E-state index in [2.05, 4.69) is 36.5 Å². The van der Waals surface area contributed by atoms with Crippen LogP contribution in [0, 0.1) is 0 Å². The van der Waals surface area contributed by atoms with E-state index in [-0.39, 0.29) is 5.60 Å². The van der Waals surface area contributed by atoms with Crippen LogP contribution in [0.3, 0.4) is 0 Å². The molecule has 0 aromatic heterocycles. The lowest BCUT2D eigenvalue weighted by atomic mass is 10.1. The molecule has 0 heterocycles. The van der Waals surface area contributed by atoms with Crippen LogP contribution in [0.4, 0.5) is 5.69 Å². The number of aliphatic hydroxyl groups excluding tert-OH is 1. The summed E-state index contributed by atoms with van der Waals surface area (Å²) >= 11 is 0. The summed E-state index contributed by atoms with van der Waals surface area (Å²) in [5.41, 5.74) is 2.18. The summed E-state index contributed by atoms with van der Waals surface area (Å²) in [6, 6.07) is 8.37. The SMILES string of the molecule is CCCc1ccc(NCC(O)COC(C)(C)C)cc1. The van der Waals surface area contributed by atoms with Gasteiger partial charge in [0.1, 0.15) is 0 Å². The standard InChI is InChI=1S/C16H27NO2/c1-5-6-13-7-9-14(10-8-13)17-11-15(18)12-19-16(2,3)4/h7-10,15,17-18H,5-6,11-12H2,1-4H3. The van der Waals surface area contributed by atoms with Crippen molar-refractivity contribution >= 4 is 5.69 Å². The molecule has 1 unspecified atom stereocenters. The molecule has 0 saturated carbocycles. The van der Waals surface area contributed by atoms with Crippen molar-refractivity contribution in [3.05, 3.63) is 29.8 Å². The molecule has 1 aromatic rings. The average molecular weight is 265 g/mol. The van der Waals surface area contributed by atoms with Crippen molar-refractivity contribution in [3.63, 3.8) is 0 Å². The van der Waals surface area contributed by atoms with Gasteiger partial charge in [-0.15, -0.1) is 0 Å². The van der Waals surface area contributed by atoms with E-state index in [4.69, 9.17) is 4.74 Å². The Labute approximate surface area is 117 Å². The molecule has 0 radical (unpaired) electrons. The average Bonchev–Trinajstić information content (AvgIpc) is 2.35. The van der Waals surface area contributed by atoms with Crippen LogP contribution in [0.1, 0.15) is 39.7 Å². The molecule has 0 aliphatic rings. The topological polar surface area (TPSA) is 41.5 Å². The van der Waals surface area contributed by atoms with Gasteiger partial charge in [0.25, 0.3) is 0 Å². The zero-order chi connectivity index (χ0) is 14.3. The third-order valence-corrected chi connectivity index (χ3v) is 2.74. The lowest BCUT2D eigenvalue weighted by Crippen LogP contribution is -2.30. The molecule has 3 heteroatoms. The van der Waals surface area contributed by atoms with Crippen LogP contribution in [0.2, 0.25) is 0 Å². The molecule has 0 aliphatic heterocycles. The summed E-state index contributed by atoms with van der Waals surface area (Å²) in [6.07, 6.45) is 1.78. The maximum Gasteiger partial charge on any atom is 0.0945 e. The van der Waals surface area contributed by atoms with Crippen molar-refractivity contribution < 1.29 is 9.84 Å². The smallest absolute Gasteiger partial charge is 0.0945 e. The summed E-state index contributed by atoms with van der Waals surface area (Å²) < 4.78 is 5.54. The number of anilines is 1. The third kappa shape index (κ3) is 7.19. The first-order chi connectivity index (χ1) is 8.90. The van der Waals surface area contributed by atoms with Crippen LogP contribution < -0.4 is 5.32 Å². The zero-order valence-electron chi connectivity index (χ0n) is 12.6. The summed E-state index contributed by atoms with van der Waals surface area (Å²) in [7, 11) is 0. The van der Waals surface area contributed by atoms with Gasteiger partial charge in [-0.3, -0.25) is 0 Å². The zero-order valence-corrected chi connectivity index (χ0v) is 12.6. The van der Waals surface area contributed by atoms with Gasteiger partial charge in [-0.1, -0.05) is 25.5 Å². The fraction of sp³-hybridized carbons (Fsp3) is 0.625. The molecule has 0 aliphatic carbocycles. The molecule has 1 atom stereocenters. The normalized spacial score (nSPS) is 13.3. The van der Waals surface area contributed by atoms with Crippen molar-refractivity contribution in [2.24, 2.45) is 0 Å². The van der Waals surface area contributed by atoms with Gasteiger partial charge < -0.3 is 15.2 Å². The van der Waals surface area contributed by atoms with Crippen molar-refractivity contribution in [2.45, 2.75) is 52.2 Å². The lowest BCUT2D eigenvalue weighted by molar-refractivity contribution is -0.0449. The Morgan fingerprint density at radius 3 is 2.37 bits per heavy atom. The molecule has 1 rings (SSSR count). The molecular weight excluding hydrogens is 238 g/mol. The molecule has 1 aromatic carbocycles. The monoisotopic (exact) mass is 265 g/mol. The van der Waals surface area contributed by atoms with Crippen LogP contribution in [-0.4, -0.2) is 30.0 Å². The second-order valence-corrected chi connectivity index (χ2v) is 5.91. The van der Waals surface area contributed by atoms with Gasteiger partial charge in [-0.25, -0.2) is 0 Å². The Morgan fingerprint density at radius 2 is 1.84 bits per heavy atom. The highest BCUT2D eigenvalue weighted by atomic mass is 16.5. The van der Waals surface area contributed by atoms with E-state index in [1.54, 1.807) is 0 Å². The van der Waals surface area contributed by atoms with E-state index in [0.717, 1.165) is 18.5 Å². The van der Waals surface area contributed by atoms with Crippen LogP contribution in [0.25, 0.3) is 0 Å². The Kier molecular flexibility index (Phi) is 6.32. The molecule has 0 saturated heterocycles. The van der Waals surface area contributed by atoms with E-state index >= 15 is 0 Å². The number of hydrogen-bond acceptors (Lipinski definition) is 3. The van der Waals surface area contributed by atoms with Crippen molar-refractivity contribution in [3.8, 4) is 0 Å². The molecular formula is C16H27NO2. The second-order valence-electron chi connectivity index (χ2n) is 5.91. The second kappa shape index (κ2) is 7.51. The highest BCUT2D eigenvalue weighted by Gasteiger charge is 2.13. The number of benzene rings is 1. The van der Waals surface area contributed by atoms with E-state index in [9.17, 15) is 5.11 Å². The number of ether oxygens (including phenoxy) is 1. The van der Waals surface area contributed by atoms with E-state index in [1.807, 2.05) is 20.8 Å². The maximum atomic E-state index is 9.83. The van der Waals surface area contributed by atoms with Crippen LogP contribution in [0.5, 0.6) is 0 Å². The van der Waals surface area contributed by atoms with Gasteiger partial charge in [0.05, 0.1) is 18.3 Å². The fourth-order valence-corrected chi connectivity index (χ4v) is 1.72. The molecule has 3 nitrogen and oxygen atoms in total. The molecule has 0 spiro atoms. The number of nitrogens with one attached hydrogen (secondary N) is 1. The van der Waals surface area contributed by atoms with E-state index < -0.39 is 6.10 Å². The Balaban J connectivity index is 2.31. The van der Waals surface area contributed by atoms with Gasteiger partial charge in [-0.05, 0) is 44.9 Å². The number of aliphatic hydroxyl groups is 1. The van der Waals surface area contributed by atoms with Crippen molar-refractivity contribution in [1.82, 2.24) is 0 Å². The molecule has 108 valence electrons. The van der Waals surface area contributed by atoms with Crippen LogP contribution in [0.15, 0.2) is 24.3 Å². The predicted octanol–water partition coefficient (Wildman–Crippen LogP) is 3.23. The summed E-state index contributed by atoms with van der Waals surface area (Å²) in [4.78, 5) is 0. The lowest BCUT2D eigenvalue weighted by Gasteiger charge is -2.22. The predicted molar refractivity (Wildman–Crippen MR) is 80.6 cm³/mol. The highest BCUT2D eigenvalue weighted by Crippen LogP contribution is 2.11. The first-order valence-corrected chi connectivity index (χ1v) is 7.05. The minimum atomic E-state index is -0.491. The van der Waals surface area contributed by atoms with Crippen molar-refractivity contribution in [2.75, 3.05) is 18.5 Å². The highest BCUT2D eigenvalue weighted by molar-refractivity contribution is 5.44. The first kappa shape index (κ1) is 16.0. The van der Waals surface area contributed by atoms with Gasteiger partial charge in [-0.2, -0.15) is 0 Å². The number of aryl methyl sites for hydroxylation is 1. The van der Waals surface area contributed by atoms with Crippen molar-refractivity contribution in [1.29, 1.82) is 0 Å². The summed E-state index contributed by atoms with van der Waals surface area (Å²) in [6.45, 7) is 8.99. The molecule has 0 amide bonds. The Hall–Kier alpha value is -1.06. The Bertz CT molecular complexity index is 354. The third-order valence-electron chi connectivity index (χ3n) is 2.74. The molecule has 0 bridgehead atoms. The molecule has 19 heavy (non-hydrogen) atoms. The minimum Gasteiger partial charge on any atom is -0.389 e. The van der Waals surface area contributed by atoms with Gasteiger partial charge >= 0.3 is 0 Å². The largest absolute Gasteiger partial charge is 0.389 e. The van der Waals surface area contributed by atoms with E-state index in [1.165, 1.54) is 5.56 Å². The van der Waals surface area contributed by atoms with Gasteiger partial charge in [0, 0.05) is 12.2 Å². The fourth-order valence-electron chi connectivity index (χ4n) is 1.72. The maximum absolute atomic E-state index is 9.83. The number of hydrogen-bond donors (Lipinski definition) is 2. The van der Waals surface area contributed by atoms with Gasteiger partial charge in [0.15, 0.2) is 0 Å². The quantitative estimate of drug-likeness (QED) is 0.795. The van der Waals surface area contributed by atoms with E-state index in [0.29, 0.717) is 13.2 Å². The molecule has 0 fully saturated rings. The first-order valence-electron chi connectivity index (χ1n) is 7.05. The summed E-state index contributed by atoms with van der Waals surface area (Å²) in [5.74, 6) is 0. The number of rotatable bonds is 7. The Morgan fingerprint density at radius 1 is 1.21 bits per heavy atom. The van der Waals surface area contributed by atoms with Gasteiger partial charge in [0.2, 0.25) is 0 Å². The van der Waals surface area contributed by atoms with Crippen LogP contribution in [-0.2, 0) is 11.2 Å². The summed E-state index contributed by atoms with van der Waals surface area (Å²) in [5, 5.41) is 13.0. The molecule has 2 N–H and O–H groups in total.